The normalized spacial score (nSPS) is 23.2. The number of unbranched alkanes of at least 4 members (excludes halogenated alkanes) is 1. The van der Waals surface area contributed by atoms with Gasteiger partial charge < -0.3 is 10.1 Å². The summed E-state index contributed by atoms with van der Waals surface area (Å²) < 4.78 is 5.74. The molecule has 1 saturated heterocycles. The second-order valence-electron chi connectivity index (χ2n) is 5.89. The van der Waals surface area contributed by atoms with Crippen LogP contribution in [0, 0.1) is 5.92 Å². The molecule has 2 heteroatoms. The standard InChI is InChI=1S/C16H33NO/c1-4-6-8-14(3)16(17-12-5-2)11-10-15-9-7-13-18-15/h14-17H,4-13H2,1-3H3. The Morgan fingerprint density at radius 1 is 1.22 bits per heavy atom. The molecule has 1 rings (SSSR count). The highest BCUT2D eigenvalue weighted by Gasteiger charge is 2.20. The van der Waals surface area contributed by atoms with Gasteiger partial charge in [0.15, 0.2) is 0 Å². The largest absolute Gasteiger partial charge is 0.378 e. The highest BCUT2D eigenvalue weighted by Crippen LogP contribution is 2.22. The highest BCUT2D eigenvalue weighted by molar-refractivity contribution is 4.76. The lowest BCUT2D eigenvalue weighted by atomic mass is 9.91. The van der Waals surface area contributed by atoms with Crippen LogP contribution >= 0.6 is 0 Å². The monoisotopic (exact) mass is 255 g/mol. The molecule has 0 aromatic carbocycles. The molecule has 3 unspecified atom stereocenters. The predicted octanol–water partition coefficient (Wildman–Crippen LogP) is 4.14. The van der Waals surface area contributed by atoms with Crippen molar-refractivity contribution in [2.45, 2.75) is 84.3 Å². The van der Waals surface area contributed by atoms with E-state index in [-0.39, 0.29) is 0 Å². The zero-order chi connectivity index (χ0) is 13.2. The molecule has 0 aliphatic carbocycles. The van der Waals surface area contributed by atoms with Crippen LogP contribution in [0.4, 0.5) is 0 Å². The van der Waals surface area contributed by atoms with Crippen molar-refractivity contribution >= 4 is 0 Å². The van der Waals surface area contributed by atoms with Crippen LogP contribution in [0.3, 0.4) is 0 Å². The fourth-order valence-electron chi connectivity index (χ4n) is 2.88. The van der Waals surface area contributed by atoms with Crippen molar-refractivity contribution in [1.82, 2.24) is 5.32 Å². The molecule has 0 saturated carbocycles. The van der Waals surface area contributed by atoms with Gasteiger partial charge in [-0.25, -0.2) is 0 Å². The summed E-state index contributed by atoms with van der Waals surface area (Å²) in [5, 5.41) is 3.75. The summed E-state index contributed by atoms with van der Waals surface area (Å²) in [5.74, 6) is 0.804. The third kappa shape index (κ3) is 6.19. The van der Waals surface area contributed by atoms with Crippen LogP contribution < -0.4 is 5.32 Å². The number of ether oxygens (including phenoxy) is 1. The second kappa shape index (κ2) is 9.80. The first kappa shape index (κ1) is 16.0. The summed E-state index contributed by atoms with van der Waals surface area (Å²) in [4.78, 5) is 0. The molecule has 3 atom stereocenters. The first-order chi connectivity index (χ1) is 8.77. The van der Waals surface area contributed by atoms with Gasteiger partial charge in [-0.1, -0.05) is 33.6 Å². The molecule has 0 bridgehead atoms. The van der Waals surface area contributed by atoms with Gasteiger partial charge in [0.1, 0.15) is 0 Å². The summed E-state index contributed by atoms with van der Waals surface area (Å²) in [6, 6.07) is 0.695. The molecule has 2 nitrogen and oxygen atoms in total. The molecule has 1 heterocycles. The molecule has 0 amide bonds. The third-order valence-electron chi connectivity index (χ3n) is 4.18. The Bertz CT molecular complexity index is 190. The van der Waals surface area contributed by atoms with Gasteiger partial charge in [-0.05, 0) is 51.0 Å². The van der Waals surface area contributed by atoms with Crippen LogP contribution in [-0.4, -0.2) is 25.3 Å². The van der Waals surface area contributed by atoms with Crippen molar-refractivity contribution in [3.05, 3.63) is 0 Å². The minimum Gasteiger partial charge on any atom is -0.378 e. The summed E-state index contributed by atoms with van der Waals surface area (Å²) in [6.45, 7) is 9.10. The van der Waals surface area contributed by atoms with Crippen molar-refractivity contribution in [1.29, 1.82) is 0 Å². The second-order valence-corrected chi connectivity index (χ2v) is 5.89. The lowest BCUT2D eigenvalue weighted by molar-refractivity contribution is 0.0971. The topological polar surface area (TPSA) is 21.3 Å². The first-order valence-electron chi connectivity index (χ1n) is 8.12. The Balaban J connectivity index is 2.28. The minimum absolute atomic E-state index is 0.550. The molecule has 0 aromatic heterocycles. The molecule has 1 N–H and O–H groups in total. The third-order valence-corrected chi connectivity index (χ3v) is 4.18. The van der Waals surface area contributed by atoms with Gasteiger partial charge in [0.2, 0.25) is 0 Å². The van der Waals surface area contributed by atoms with Gasteiger partial charge in [-0.15, -0.1) is 0 Å². The minimum atomic E-state index is 0.550. The molecule has 108 valence electrons. The summed E-state index contributed by atoms with van der Waals surface area (Å²) >= 11 is 0. The van der Waals surface area contributed by atoms with E-state index in [0.717, 1.165) is 19.1 Å². The maximum atomic E-state index is 5.74. The average molecular weight is 255 g/mol. The SMILES string of the molecule is CCCCC(C)C(CCC1CCCO1)NCCC. The fourth-order valence-corrected chi connectivity index (χ4v) is 2.88. The lowest BCUT2D eigenvalue weighted by Crippen LogP contribution is -2.36. The Morgan fingerprint density at radius 2 is 2.06 bits per heavy atom. The van der Waals surface area contributed by atoms with E-state index in [2.05, 4.69) is 26.1 Å². The Hall–Kier alpha value is -0.0800. The number of rotatable bonds is 10. The molecular formula is C16H33NO. The lowest BCUT2D eigenvalue weighted by Gasteiger charge is -2.26. The molecule has 1 aliphatic rings. The molecule has 0 spiro atoms. The van der Waals surface area contributed by atoms with Crippen molar-refractivity contribution < 1.29 is 4.74 Å². The van der Waals surface area contributed by atoms with Crippen LogP contribution in [0.25, 0.3) is 0 Å². The van der Waals surface area contributed by atoms with Crippen LogP contribution in [0.2, 0.25) is 0 Å². The molecule has 18 heavy (non-hydrogen) atoms. The van der Waals surface area contributed by atoms with Gasteiger partial charge in [0, 0.05) is 12.6 Å². The Morgan fingerprint density at radius 3 is 2.67 bits per heavy atom. The van der Waals surface area contributed by atoms with E-state index >= 15 is 0 Å². The van der Waals surface area contributed by atoms with E-state index in [0.29, 0.717) is 12.1 Å². The molecule has 1 aliphatic heterocycles. The number of nitrogens with one attached hydrogen (secondary N) is 1. The van der Waals surface area contributed by atoms with Crippen molar-refractivity contribution in [2.24, 2.45) is 5.92 Å². The summed E-state index contributed by atoms with van der Waals surface area (Å²) in [5.41, 5.74) is 0. The van der Waals surface area contributed by atoms with Crippen molar-refractivity contribution in [3.63, 3.8) is 0 Å². The summed E-state index contributed by atoms with van der Waals surface area (Å²) in [7, 11) is 0. The summed E-state index contributed by atoms with van der Waals surface area (Å²) in [6.07, 6.45) is 10.9. The fraction of sp³-hybridized carbons (Fsp3) is 1.00. The van der Waals surface area contributed by atoms with Crippen LogP contribution in [0.15, 0.2) is 0 Å². The average Bonchev–Trinajstić information content (AvgIpc) is 2.89. The van der Waals surface area contributed by atoms with E-state index in [1.54, 1.807) is 0 Å². The van der Waals surface area contributed by atoms with Crippen LogP contribution in [0.5, 0.6) is 0 Å². The highest BCUT2D eigenvalue weighted by atomic mass is 16.5. The predicted molar refractivity (Wildman–Crippen MR) is 79.0 cm³/mol. The van der Waals surface area contributed by atoms with Gasteiger partial charge in [-0.3, -0.25) is 0 Å². The van der Waals surface area contributed by atoms with E-state index in [1.807, 2.05) is 0 Å². The van der Waals surface area contributed by atoms with Crippen molar-refractivity contribution in [2.75, 3.05) is 13.2 Å². The van der Waals surface area contributed by atoms with E-state index in [9.17, 15) is 0 Å². The first-order valence-corrected chi connectivity index (χ1v) is 8.12. The van der Waals surface area contributed by atoms with Gasteiger partial charge >= 0.3 is 0 Å². The van der Waals surface area contributed by atoms with Gasteiger partial charge in [-0.2, -0.15) is 0 Å². The quantitative estimate of drug-likeness (QED) is 0.633. The van der Waals surface area contributed by atoms with E-state index in [4.69, 9.17) is 4.74 Å². The molecule has 0 radical (unpaired) electrons. The Kier molecular flexibility index (Phi) is 8.70. The number of hydrogen-bond donors (Lipinski definition) is 1. The van der Waals surface area contributed by atoms with Gasteiger partial charge in [0.05, 0.1) is 6.10 Å². The van der Waals surface area contributed by atoms with E-state index < -0.39 is 0 Å². The molecular weight excluding hydrogens is 222 g/mol. The van der Waals surface area contributed by atoms with Gasteiger partial charge in [0.25, 0.3) is 0 Å². The smallest absolute Gasteiger partial charge is 0.0576 e. The zero-order valence-electron chi connectivity index (χ0n) is 12.7. The maximum absolute atomic E-state index is 5.74. The molecule has 0 aromatic rings. The number of hydrogen-bond acceptors (Lipinski definition) is 2. The Labute approximate surface area is 114 Å². The van der Waals surface area contributed by atoms with Crippen LogP contribution in [0.1, 0.15) is 72.1 Å². The zero-order valence-corrected chi connectivity index (χ0v) is 12.7. The molecule has 1 fully saturated rings. The maximum Gasteiger partial charge on any atom is 0.0576 e. The van der Waals surface area contributed by atoms with E-state index in [1.165, 1.54) is 51.4 Å². The van der Waals surface area contributed by atoms with Crippen molar-refractivity contribution in [3.8, 4) is 0 Å². The van der Waals surface area contributed by atoms with Crippen LogP contribution in [-0.2, 0) is 4.74 Å².